The van der Waals surface area contributed by atoms with E-state index in [1.807, 2.05) is 38.0 Å². The zero-order valence-corrected chi connectivity index (χ0v) is 21.1. The lowest BCUT2D eigenvalue weighted by Gasteiger charge is -2.15. The number of nitrogens with two attached hydrogens (primary N) is 2. The predicted octanol–water partition coefficient (Wildman–Crippen LogP) is -0.193. The number of likely N-dealkylation sites (N-methyl/N-ethyl adjacent to an activating group) is 2. The van der Waals surface area contributed by atoms with E-state index in [2.05, 4.69) is 10.6 Å². The van der Waals surface area contributed by atoms with Crippen LogP contribution in [0.25, 0.3) is 0 Å². The van der Waals surface area contributed by atoms with E-state index in [0.29, 0.717) is 31.0 Å². The molecule has 0 aromatic carbocycles. The third kappa shape index (κ3) is 22.6. The molecule has 8 nitrogen and oxygen atoms in total. The Kier molecular flexibility index (Phi) is 32.7. The molecule has 0 bridgehead atoms. The number of rotatable bonds is 13. The highest BCUT2D eigenvalue weighted by molar-refractivity contribution is 7.99. The minimum absolute atomic E-state index is 0. The van der Waals surface area contributed by atoms with Crippen LogP contribution in [0.15, 0.2) is 0 Å². The highest BCUT2D eigenvalue weighted by Gasteiger charge is 2.15. The lowest BCUT2D eigenvalue weighted by Crippen LogP contribution is -2.44. The number of halogens is 4. The van der Waals surface area contributed by atoms with Crippen molar-refractivity contribution in [3.8, 4) is 0 Å². The first kappa shape index (κ1) is 38.8. The van der Waals surface area contributed by atoms with E-state index < -0.39 is 12.1 Å². The third-order valence-electron chi connectivity index (χ3n) is 3.26. The van der Waals surface area contributed by atoms with Crippen LogP contribution >= 0.6 is 61.4 Å². The van der Waals surface area contributed by atoms with E-state index in [-0.39, 0.29) is 61.4 Å². The second-order valence-electron chi connectivity index (χ2n) is 6.27. The summed E-state index contributed by atoms with van der Waals surface area (Å²) in [5, 5.41) is 5.61. The average molecular weight is 508 g/mol. The Hall–Kier alpha value is 0.290. The van der Waals surface area contributed by atoms with Crippen LogP contribution in [0.2, 0.25) is 0 Å². The van der Waals surface area contributed by atoms with E-state index in [0.717, 1.165) is 13.1 Å². The van der Waals surface area contributed by atoms with Gasteiger partial charge in [0.15, 0.2) is 0 Å². The van der Waals surface area contributed by atoms with Gasteiger partial charge >= 0.3 is 0 Å². The molecule has 0 aliphatic rings. The van der Waals surface area contributed by atoms with Crippen molar-refractivity contribution in [2.75, 3.05) is 65.9 Å². The van der Waals surface area contributed by atoms with Gasteiger partial charge in [0.05, 0.1) is 12.1 Å². The predicted molar refractivity (Wildman–Crippen MR) is 130 cm³/mol. The molecule has 0 fully saturated rings. The van der Waals surface area contributed by atoms with Crippen molar-refractivity contribution in [1.29, 1.82) is 0 Å². The minimum atomic E-state index is -0.540. The fourth-order valence-electron chi connectivity index (χ4n) is 1.69. The van der Waals surface area contributed by atoms with Crippen molar-refractivity contribution in [3.63, 3.8) is 0 Å². The maximum atomic E-state index is 11.8. The van der Waals surface area contributed by atoms with E-state index in [4.69, 9.17) is 11.5 Å². The van der Waals surface area contributed by atoms with Crippen LogP contribution in [-0.4, -0.2) is 99.6 Å². The summed E-state index contributed by atoms with van der Waals surface area (Å²) in [4.78, 5) is 27.5. The zero-order valence-electron chi connectivity index (χ0n) is 17.0. The highest BCUT2D eigenvalue weighted by atomic mass is 35.5. The molecule has 2 atom stereocenters. The van der Waals surface area contributed by atoms with E-state index >= 15 is 0 Å². The maximum absolute atomic E-state index is 11.8. The van der Waals surface area contributed by atoms with Crippen molar-refractivity contribution in [2.24, 2.45) is 11.5 Å². The molecule has 0 radical (unpaired) electrons. The fraction of sp³-hybridized carbons (Fsp3) is 0.867. The Morgan fingerprint density at radius 1 is 0.821 bits per heavy atom. The molecular weight excluding hydrogens is 470 g/mol. The lowest BCUT2D eigenvalue weighted by atomic mass is 10.2. The number of carbonyl (C=O) groups excluding carboxylic acids is 2. The second kappa shape index (κ2) is 23.6. The molecular formula is C15H38Cl4N6O2S. The van der Waals surface area contributed by atoms with Crippen LogP contribution in [0, 0.1) is 0 Å². The standard InChI is InChI=1S/C15H34N6O2S.4ClH/c1-20(2)8-6-18-14(22)12(16)5-10-24-11-13(17)15(23)19-7-9-21(3)4;;;;/h12-13H,5-11,16-17H2,1-4H3,(H,18,22)(H,19,23);4*1H/t12-,13-;;;;/m0..../s1. The molecule has 0 aromatic heterocycles. The third-order valence-corrected chi connectivity index (χ3v) is 4.38. The summed E-state index contributed by atoms with van der Waals surface area (Å²) in [6.07, 6.45) is 0.563. The van der Waals surface area contributed by atoms with Gasteiger partial charge in [-0.1, -0.05) is 0 Å². The van der Waals surface area contributed by atoms with Crippen LogP contribution in [0.4, 0.5) is 0 Å². The summed E-state index contributed by atoms with van der Waals surface area (Å²) < 4.78 is 0. The molecule has 0 heterocycles. The quantitative estimate of drug-likeness (QED) is 0.255. The van der Waals surface area contributed by atoms with E-state index in [1.165, 1.54) is 11.8 Å². The lowest BCUT2D eigenvalue weighted by molar-refractivity contribution is -0.123. The van der Waals surface area contributed by atoms with Gasteiger partial charge in [0, 0.05) is 31.9 Å². The summed E-state index contributed by atoms with van der Waals surface area (Å²) in [5.74, 6) is 0.933. The summed E-state index contributed by atoms with van der Waals surface area (Å²) in [6, 6.07) is -1.06. The topological polar surface area (TPSA) is 117 Å². The fourth-order valence-corrected chi connectivity index (χ4v) is 2.69. The van der Waals surface area contributed by atoms with E-state index in [1.54, 1.807) is 0 Å². The monoisotopic (exact) mass is 506 g/mol. The number of nitrogens with zero attached hydrogens (tertiary/aromatic N) is 2. The Morgan fingerprint density at radius 2 is 1.21 bits per heavy atom. The summed E-state index contributed by atoms with van der Waals surface area (Å²) in [7, 11) is 7.79. The normalized spacial score (nSPS) is 11.9. The van der Waals surface area contributed by atoms with Crippen molar-refractivity contribution >= 4 is 73.2 Å². The molecule has 13 heteroatoms. The second-order valence-corrected chi connectivity index (χ2v) is 7.42. The SMILES string of the molecule is CN(C)CCNC(=O)[C@@H](N)CCSC[C@H](N)C(=O)NCCN(C)C.Cl.Cl.Cl.Cl. The Labute approximate surface area is 198 Å². The Balaban J connectivity index is -0.000000441. The zero-order chi connectivity index (χ0) is 18.5. The number of hydrogen-bond donors (Lipinski definition) is 4. The molecule has 0 saturated carbocycles. The van der Waals surface area contributed by atoms with Crippen LogP contribution in [0.1, 0.15) is 6.42 Å². The molecule has 28 heavy (non-hydrogen) atoms. The van der Waals surface area contributed by atoms with Crippen molar-refractivity contribution in [3.05, 3.63) is 0 Å². The molecule has 0 saturated heterocycles. The minimum Gasteiger partial charge on any atom is -0.353 e. The van der Waals surface area contributed by atoms with Crippen LogP contribution in [-0.2, 0) is 9.59 Å². The van der Waals surface area contributed by atoms with Gasteiger partial charge in [-0.15, -0.1) is 49.6 Å². The highest BCUT2D eigenvalue weighted by Crippen LogP contribution is 2.06. The Morgan fingerprint density at radius 3 is 1.61 bits per heavy atom. The van der Waals surface area contributed by atoms with Crippen LogP contribution in [0.3, 0.4) is 0 Å². The van der Waals surface area contributed by atoms with Gasteiger partial charge in [0.2, 0.25) is 11.8 Å². The molecule has 2 amide bonds. The van der Waals surface area contributed by atoms with Crippen LogP contribution in [0.5, 0.6) is 0 Å². The van der Waals surface area contributed by atoms with Gasteiger partial charge in [-0.25, -0.2) is 0 Å². The molecule has 6 N–H and O–H groups in total. The molecule has 0 spiro atoms. The van der Waals surface area contributed by atoms with Gasteiger partial charge in [0.1, 0.15) is 0 Å². The number of amides is 2. The number of carbonyl (C=O) groups is 2. The summed E-state index contributed by atoms with van der Waals surface area (Å²) in [6.45, 7) is 2.74. The van der Waals surface area contributed by atoms with Gasteiger partial charge < -0.3 is 31.9 Å². The molecule has 0 rings (SSSR count). The summed E-state index contributed by atoms with van der Waals surface area (Å²) >= 11 is 1.54. The summed E-state index contributed by atoms with van der Waals surface area (Å²) in [5.41, 5.74) is 11.7. The first-order chi connectivity index (χ1) is 11.2. The first-order valence-electron chi connectivity index (χ1n) is 8.17. The average Bonchev–Trinajstić information content (AvgIpc) is 2.49. The number of nitrogens with one attached hydrogen (secondary N) is 2. The van der Waals surface area contributed by atoms with Crippen molar-refractivity contribution < 1.29 is 9.59 Å². The molecule has 0 aliphatic heterocycles. The number of hydrogen-bond acceptors (Lipinski definition) is 7. The number of thioether (sulfide) groups is 1. The maximum Gasteiger partial charge on any atom is 0.237 e. The smallest absolute Gasteiger partial charge is 0.237 e. The molecule has 0 aromatic rings. The molecule has 0 aliphatic carbocycles. The van der Waals surface area contributed by atoms with Gasteiger partial charge in [-0.3, -0.25) is 9.59 Å². The van der Waals surface area contributed by atoms with Crippen molar-refractivity contribution in [1.82, 2.24) is 20.4 Å². The Bertz CT molecular complexity index is 350. The molecule has 0 unspecified atom stereocenters. The van der Waals surface area contributed by atoms with Crippen molar-refractivity contribution in [2.45, 2.75) is 18.5 Å². The van der Waals surface area contributed by atoms with E-state index in [9.17, 15) is 9.59 Å². The van der Waals surface area contributed by atoms with Crippen LogP contribution < -0.4 is 22.1 Å². The van der Waals surface area contributed by atoms with Gasteiger partial charge in [-0.05, 0) is 40.4 Å². The molecule has 174 valence electrons. The first-order valence-corrected chi connectivity index (χ1v) is 9.33. The van der Waals surface area contributed by atoms with Gasteiger partial charge in [0.25, 0.3) is 0 Å². The largest absolute Gasteiger partial charge is 0.353 e. The van der Waals surface area contributed by atoms with Gasteiger partial charge in [-0.2, -0.15) is 11.8 Å².